The molecule has 0 unspecified atom stereocenters. The van der Waals surface area contributed by atoms with Gasteiger partial charge in [-0.2, -0.15) is 0 Å². The molecule has 1 saturated carbocycles. The first-order chi connectivity index (χ1) is 9.32. The molecule has 1 aromatic rings. The lowest BCUT2D eigenvalue weighted by Gasteiger charge is -2.14. The molecule has 1 aromatic carbocycles. The molecule has 0 spiro atoms. The molecule has 110 valence electrons. The van der Waals surface area contributed by atoms with Gasteiger partial charge in [-0.25, -0.2) is 12.7 Å². The standard InChI is InChI=1S/C14H20N2O3S/c1-10(11-7-8-11)15-14(17)12-5-4-6-13(9-12)20(18,19)16(2)3/h4-6,9-11H,7-8H2,1-3H3,(H,15,17)/t10-/m1/s1. The summed E-state index contributed by atoms with van der Waals surface area (Å²) in [6.07, 6.45) is 2.30. The summed E-state index contributed by atoms with van der Waals surface area (Å²) in [7, 11) is -0.573. The summed E-state index contributed by atoms with van der Waals surface area (Å²) in [5.74, 6) is 0.341. The smallest absolute Gasteiger partial charge is 0.251 e. The van der Waals surface area contributed by atoms with Crippen molar-refractivity contribution in [1.29, 1.82) is 0 Å². The van der Waals surface area contributed by atoms with Crippen molar-refractivity contribution >= 4 is 15.9 Å². The molecule has 5 nitrogen and oxygen atoms in total. The molecule has 0 bridgehead atoms. The molecule has 20 heavy (non-hydrogen) atoms. The summed E-state index contributed by atoms with van der Waals surface area (Å²) < 4.78 is 25.2. The van der Waals surface area contributed by atoms with Crippen molar-refractivity contribution in [3.8, 4) is 0 Å². The van der Waals surface area contributed by atoms with Gasteiger partial charge in [-0.3, -0.25) is 4.79 Å². The van der Waals surface area contributed by atoms with E-state index in [1.807, 2.05) is 6.92 Å². The van der Waals surface area contributed by atoms with E-state index < -0.39 is 10.0 Å². The largest absolute Gasteiger partial charge is 0.349 e. The summed E-state index contributed by atoms with van der Waals surface area (Å²) >= 11 is 0. The maximum atomic E-state index is 12.1. The van der Waals surface area contributed by atoms with Crippen molar-refractivity contribution < 1.29 is 13.2 Å². The minimum Gasteiger partial charge on any atom is -0.349 e. The predicted octanol–water partition coefficient (Wildman–Crippen LogP) is 1.47. The molecule has 1 amide bonds. The highest BCUT2D eigenvalue weighted by Gasteiger charge is 2.29. The molecular formula is C14H20N2O3S. The van der Waals surface area contributed by atoms with Gasteiger partial charge in [0, 0.05) is 25.7 Å². The van der Waals surface area contributed by atoms with Crippen LogP contribution in [0.3, 0.4) is 0 Å². The molecule has 1 aliphatic rings. The predicted molar refractivity (Wildman–Crippen MR) is 77.0 cm³/mol. The van der Waals surface area contributed by atoms with Crippen LogP contribution < -0.4 is 5.32 Å². The highest BCUT2D eigenvalue weighted by Crippen LogP contribution is 2.32. The van der Waals surface area contributed by atoms with E-state index in [2.05, 4.69) is 5.32 Å². The average Bonchev–Trinajstić information content (AvgIpc) is 3.22. The summed E-state index contributed by atoms with van der Waals surface area (Å²) in [5, 5.41) is 2.92. The van der Waals surface area contributed by atoms with Gasteiger partial charge in [0.1, 0.15) is 0 Å². The van der Waals surface area contributed by atoms with Gasteiger partial charge >= 0.3 is 0 Å². The van der Waals surface area contributed by atoms with Gasteiger partial charge in [0.05, 0.1) is 4.90 Å². The molecule has 0 aromatic heterocycles. The first-order valence-corrected chi connectivity index (χ1v) is 8.10. The van der Waals surface area contributed by atoms with Gasteiger partial charge in [0.15, 0.2) is 0 Å². The average molecular weight is 296 g/mol. The summed E-state index contributed by atoms with van der Waals surface area (Å²) in [6, 6.07) is 6.27. The van der Waals surface area contributed by atoms with Gasteiger partial charge in [-0.05, 0) is 43.9 Å². The SMILES string of the molecule is C[C@@H](NC(=O)c1cccc(S(=O)(=O)N(C)C)c1)C1CC1. The van der Waals surface area contributed by atoms with Crippen molar-refractivity contribution in [3.05, 3.63) is 29.8 Å². The van der Waals surface area contributed by atoms with Crippen LogP contribution in [0.1, 0.15) is 30.1 Å². The second kappa shape index (κ2) is 5.54. The van der Waals surface area contributed by atoms with E-state index in [-0.39, 0.29) is 16.8 Å². The van der Waals surface area contributed by atoms with E-state index in [9.17, 15) is 13.2 Å². The number of amides is 1. The molecule has 1 aliphatic carbocycles. The highest BCUT2D eigenvalue weighted by atomic mass is 32.2. The van der Waals surface area contributed by atoms with Crippen LogP contribution in [-0.4, -0.2) is 38.8 Å². The van der Waals surface area contributed by atoms with E-state index in [0.29, 0.717) is 11.5 Å². The Morgan fingerprint density at radius 1 is 1.35 bits per heavy atom. The van der Waals surface area contributed by atoms with Crippen LogP contribution in [0.5, 0.6) is 0 Å². The Morgan fingerprint density at radius 2 is 2.00 bits per heavy atom. The van der Waals surface area contributed by atoms with E-state index in [0.717, 1.165) is 17.1 Å². The third-order valence-corrected chi connectivity index (χ3v) is 5.37. The summed E-state index contributed by atoms with van der Waals surface area (Å²) in [4.78, 5) is 12.3. The number of carbonyl (C=O) groups is 1. The fraction of sp³-hybridized carbons (Fsp3) is 0.500. The third-order valence-electron chi connectivity index (χ3n) is 3.56. The molecule has 0 aliphatic heterocycles. The van der Waals surface area contributed by atoms with Gasteiger partial charge in [0.25, 0.3) is 5.91 Å². The molecule has 1 N–H and O–H groups in total. The van der Waals surface area contributed by atoms with Gasteiger partial charge < -0.3 is 5.32 Å². The maximum Gasteiger partial charge on any atom is 0.251 e. The van der Waals surface area contributed by atoms with Crippen LogP contribution in [0, 0.1) is 5.92 Å². The molecule has 0 heterocycles. The number of rotatable bonds is 5. The Bertz CT molecular complexity index is 607. The quantitative estimate of drug-likeness (QED) is 0.894. The topological polar surface area (TPSA) is 66.5 Å². The number of benzene rings is 1. The van der Waals surface area contributed by atoms with Crippen molar-refractivity contribution in [3.63, 3.8) is 0 Å². The van der Waals surface area contributed by atoms with Crippen LogP contribution in [0.15, 0.2) is 29.2 Å². The fourth-order valence-corrected chi connectivity index (χ4v) is 2.96. The van der Waals surface area contributed by atoms with Crippen molar-refractivity contribution in [2.75, 3.05) is 14.1 Å². The summed E-state index contributed by atoms with van der Waals surface area (Å²) in [5.41, 5.74) is 0.375. The monoisotopic (exact) mass is 296 g/mol. The lowest BCUT2D eigenvalue weighted by Crippen LogP contribution is -2.34. The second-order valence-electron chi connectivity index (χ2n) is 5.41. The van der Waals surface area contributed by atoms with Crippen LogP contribution in [-0.2, 0) is 10.0 Å². The zero-order valence-corrected chi connectivity index (χ0v) is 12.8. The van der Waals surface area contributed by atoms with Crippen LogP contribution in [0.2, 0.25) is 0 Å². The zero-order chi connectivity index (χ0) is 14.9. The Morgan fingerprint density at radius 3 is 2.55 bits per heavy atom. The van der Waals surface area contributed by atoms with Crippen LogP contribution in [0.4, 0.5) is 0 Å². The van der Waals surface area contributed by atoms with Crippen LogP contribution in [0.25, 0.3) is 0 Å². The van der Waals surface area contributed by atoms with E-state index >= 15 is 0 Å². The Hall–Kier alpha value is -1.40. The Balaban J connectivity index is 2.19. The number of hydrogen-bond acceptors (Lipinski definition) is 3. The van der Waals surface area contributed by atoms with Crippen LogP contribution >= 0.6 is 0 Å². The highest BCUT2D eigenvalue weighted by molar-refractivity contribution is 7.89. The zero-order valence-electron chi connectivity index (χ0n) is 12.0. The number of nitrogens with zero attached hydrogens (tertiary/aromatic N) is 1. The van der Waals surface area contributed by atoms with Crippen molar-refractivity contribution in [2.24, 2.45) is 5.92 Å². The lowest BCUT2D eigenvalue weighted by atomic mass is 10.1. The number of nitrogens with one attached hydrogen (secondary N) is 1. The van der Waals surface area contributed by atoms with Crippen molar-refractivity contribution in [1.82, 2.24) is 9.62 Å². The normalized spacial score (nSPS) is 17.0. The minimum atomic E-state index is -3.51. The maximum absolute atomic E-state index is 12.1. The Kier molecular flexibility index (Phi) is 4.15. The minimum absolute atomic E-state index is 0.134. The van der Waals surface area contributed by atoms with E-state index in [1.165, 1.54) is 26.2 Å². The van der Waals surface area contributed by atoms with Crippen molar-refractivity contribution in [2.45, 2.75) is 30.7 Å². The number of carbonyl (C=O) groups excluding carboxylic acids is 1. The molecule has 6 heteroatoms. The Labute approximate surface area is 120 Å². The van der Waals surface area contributed by atoms with Gasteiger partial charge in [-0.1, -0.05) is 6.07 Å². The number of sulfonamides is 1. The molecular weight excluding hydrogens is 276 g/mol. The first-order valence-electron chi connectivity index (χ1n) is 6.66. The fourth-order valence-electron chi connectivity index (χ4n) is 2.01. The van der Waals surface area contributed by atoms with E-state index in [1.54, 1.807) is 12.1 Å². The second-order valence-corrected chi connectivity index (χ2v) is 7.57. The molecule has 0 radical (unpaired) electrons. The molecule has 1 atom stereocenters. The third kappa shape index (κ3) is 3.19. The molecule has 2 rings (SSSR count). The molecule has 1 fully saturated rings. The lowest BCUT2D eigenvalue weighted by molar-refractivity contribution is 0.0935. The van der Waals surface area contributed by atoms with Gasteiger partial charge in [-0.15, -0.1) is 0 Å². The van der Waals surface area contributed by atoms with E-state index in [4.69, 9.17) is 0 Å². The molecule has 0 saturated heterocycles. The number of hydrogen-bond donors (Lipinski definition) is 1. The first kappa shape index (κ1) is 15.0. The van der Waals surface area contributed by atoms with Gasteiger partial charge in [0.2, 0.25) is 10.0 Å². The summed E-state index contributed by atoms with van der Waals surface area (Å²) in [6.45, 7) is 1.98.